The van der Waals surface area contributed by atoms with Crippen molar-refractivity contribution in [1.29, 1.82) is 0 Å². The van der Waals surface area contributed by atoms with Gasteiger partial charge < -0.3 is 5.11 Å². The predicted octanol–water partition coefficient (Wildman–Crippen LogP) is 4.33. The molecule has 1 heterocycles. The molecule has 1 aromatic heterocycles. The van der Waals surface area contributed by atoms with Crippen molar-refractivity contribution < 1.29 is 5.11 Å². The molecule has 2 rings (SSSR count). The van der Waals surface area contributed by atoms with Crippen LogP contribution in [0, 0.1) is 13.8 Å². The van der Waals surface area contributed by atoms with E-state index in [1.165, 1.54) is 10.4 Å². The maximum atomic E-state index is 10.6. The van der Waals surface area contributed by atoms with E-state index < -0.39 is 6.10 Å². The molecule has 2 nitrogen and oxygen atoms in total. The van der Waals surface area contributed by atoms with Gasteiger partial charge in [-0.2, -0.15) is 0 Å². The number of aliphatic hydroxyl groups is 1. The van der Waals surface area contributed by atoms with E-state index in [1.807, 2.05) is 25.1 Å². The molecule has 1 atom stereocenters. The lowest BCUT2D eigenvalue weighted by molar-refractivity contribution is 0.176. The third-order valence-corrected chi connectivity index (χ3v) is 4.66. The molecular formula is C17H23NOS. The Hall–Kier alpha value is -1.19. The second-order valence-corrected chi connectivity index (χ2v) is 7.59. The van der Waals surface area contributed by atoms with Gasteiger partial charge in [-0.3, -0.25) is 0 Å². The van der Waals surface area contributed by atoms with Crippen LogP contribution in [0.3, 0.4) is 0 Å². The molecular weight excluding hydrogens is 266 g/mol. The number of rotatable bonds is 3. The molecule has 2 aromatic rings. The van der Waals surface area contributed by atoms with Crippen LogP contribution in [0.5, 0.6) is 0 Å². The molecule has 0 spiro atoms. The van der Waals surface area contributed by atoms with E-state index in [9.17, 15) is 5.11 Å². The molecule has 0 aliphatic heterocycles. The molecule has 20 heavy (non-hydrogen) atoms. The summed E-state index contributed by atoms with van der Waals surface area (Å²) < 4.78 is 0. The van der Waals surface area contributed by atoms with Crippen molar-refractivity contribution in [1.82, 2.24) is 4.98 Å². The van der Waals surface area contributed by atoms with E-state index in [0.29, 0.717) is 6.42 Å². The first-order valence-corrected chi connectivity index (χ1v) is 7.81. The minimum atomic E-state index is -0.490. The Morgan fingerprint density at radius 2 is 1.85 bits per heavy atom. The minimum Gasteiger partial charge on any atom is -0.388 e. The van der Waals surface area contributed by atoms with Gasteiger partial charge in [0.15, 0.2) is 0 Å². The van der Waals surface area contributed by atoms with E-state index in [0.717, 1.165) is 16.3 Å². The Bertz CT molecular complexity index is 576. The zero-order chi connectivity index (χ0) is 14.9. The smallest absolute Gasteiger partial charge is 0.0960 e. The number of hydrogen-bond acceptors (Lipinski definition) is 3. The molecule has 1 aromatic carbocycles. The van der Waals surface area contributed by atoms with Crippen molar-refractivity contribution in [2.45, 2.75) is 52.6 Å². The number of aryl methyl sites for hydroxylation is 2. The lowest BCUT2D eigenvalue weighted by atomic mass is 9.82. The molecule has 0 radical (unpaired) electrons. The van der Waals surface area contributed by atoms with Crippen LogP contribution in [-0.2, 0) is 11.8 Å². The van der Waals surface area contributed by atoms with E-state index in [-0.39, 0.29) is 5.41 Å². The van der Waals surface area contributed by atoms with E-state index in [2.05, 4.69) is 38.7 Å². The summed E-state index contributed by atoms with van der Waals surface area (Å²) in [6.45, 7) is 10.6. The Morgan fingerprint density at radius 3 is 2.40 bits per heavy atom. The number of thiazole rings is 1. The fourth-order valence-corrected chi connectivity index (χ4v) is 3.34. The van der Waals surface area contributed by atoms with Crippen LogP contribution in [0.4, 0.5) is 0 Å². The predicted molar refractivity (Wildman–Crippen MR) is 85.4 cm³/mol. The summed E-state index contributed by atoms with van der Waals surface area (Å²) in [5.74, 6) is 0. The van der Waals surface area contributed by atoms with E-state index in [1.54, 1.807) is 11.3 Å². The maximum Gasteiger partial charge on any atom is 0.0960 e. The molecule has 0 amide bonds. The fourth-order valence-electron chi connectivity index (χ4n) is 2.37. The number of benzene rings is 1. The zero-order valence-electron chi connectivity index (χ0n) is 12.9. The summed E-state index contributed by atoms with van der Waals surface area (Å²) in [6, 6.07) is 8.16. The lowest BCUT2D eigenvalue weighted by Gasteiger charge is -2.25. The first-order valence-electron chi connectivity index (χ1n) is 6.99. The maximum absolute atomic E-state index is 10.6. The average Bonchev–Trinajstić information content (AvgIpc) is 2.67. The van der Waals surface area contributed by atoms with Gasteiger partial charge in [-0.15, -0.1) is 11.3 Å². The largest absolute Gasteiger partial charge is 0.388 e. The summed E-state index contributed by atoms with van der Waals surface area (Å²) in [5, 5.41) is 11.6. The number of aliphatic hydroxyl groups excluding tert-OH is 1. The van der Waals surface area contributed by atoms with Crippen molar-refractivity contribution in [2.24, 2.45) is 0 Å². The molecule has 3 heteroatoms. The van der Waals surface area contributed by atoms with Crippen LogP contribution in [-0.4, -0.2) is 10.1 Å². The highest BCUT2D eigenvalue weighted by Crippen LogP contribution is 2.31. The average molecular weight is 289 g/mol. The van der Waals surface area contributed by atoms with Crippen molar-refractivity contribution in [3.8, 4) is 0 Å². The quantitative estimate of drug-likeness (QED) is 0.912. The number of hydrogen-bond donors (Lipinski definition) is 1. The fraction of sp³-hybridized carbons (Fsp3) is 0.471. The van der Waals surface area contributed by atoms with Crippen molar-refractivity contribution in [2.75, 3.05) is 0 Å². The molecule has 1 N–H and O–H groups in total. The van der Waals surface area contributed by atoms with Gasteiger partial charge in [-0.1, -0.05) is 45.0 Å². The molecule has 0 aliphatic carbocycles. The van der Waals surface area contributed by atoms with Crippen molar-refractivity contribution in [3.63, 3.8) is 0 Å². The second kappa shape index (κ2) is 5.66. The summed E-state index contributed by atoms with van der Waals surface area (Å²) in [7, 11) is 0. The molecule has 0 fully saturated rings. The zero-order valence-corrected chi connectivity index (χ0v) is 13.7. The standard InChI is InChI=1S/C17H23NOS/c1-11-12(2)20-16(18-11)10-15(19)13-8-6-7-9-14(13)17(3,4)5/h6-9,15,19H,10H2,1-5H3. The van der Waals surface area contributed by atoms with Crippen molar-refractivity contribution >= 4 is 11.3 Å². The summed E-state index contributed by atoms with van der Waals surface area (Å²) >= 11 is 1.68. The van der Waals surface area contributed by atoms with Crippen LogP contribution in [0.15, 0.2) is 24.3 Å². The van der Waals surface area contributed by atoms with Gasteiger partial charge in [-0.25, -0.2) is 4.98 Å². The molecule has 1 unspecified atom stereocenters. The van der Waals surface area contributed by atoms with Gasteiger partial charge in [0.1, 0.15) is 0 Å². The Kier molecular flexibility index (Phi) is 4.31. The van der Waals surface area contributed by atoms with Crippen LogP contribution < -0.4 is 0 Å². The van der Waals surface area contributed by atoms with Crippen LogP contribution in [0.2, 0.25) is 0 Å². The van der Waals surface area contributed by atoms with Crippen LogP contribution >= 0.6 is 11.3 Å². The Morgan fingerprint density at radius 1 is 1.20 bits per heavy atom. The molecule has 0 saturated heterocycles. The molecule has 0 bridgehead atoms. The second-order valence-electron chi connectivity index (χ2n) is 6.31. The van der Waals surface area contributed by atoms with Gasteiger partial charge >= 0.3 is 0 Å². The van der Waals surface area contributed by atoms with E-state index >= 15 is 0 Å². The van der Waals surface area contributed by atoms with Gasteiger partial charge in [0, 0.05) is 11.3 Å². The van der Waals surface area contributed by atoms with Crippen LogP contribution in [0.1, 0.15) is 53.6 Å². The van der Waals surface area contributed by atoms with Crippen LogP contribution in [0.25, 0.3) is 0 Å². The van der Waals surface area contributed by atoms with E-state index in [4.69, 9.17) is 0 Å². The third kappa shape index (κ3) is 3.28. The highest BCUT2D eigenvalue weighted by Gasteiger charge is 2.22. The van der Waals surface area contributed by atoms with Gasteiger partial charge in [0.25, 0.3) is 0 Å². The molecule has 0 aliphatic rings. The van der Waals surface area contributed by atoms with Gasteiger partial charge in [0.05, 0.1) is 16.8 Å². The van der Waals surface area contributed by atoms with Crippen molar-refractivity contribution in [3.05, 3.63) is 51.0 Å². The SMILES string of the molecule is Cc1nc(CC(O)c2ccccc2C(C)(C)C)sc1C. The lowest BCUT2D eigenvalue weighted by Crippen LogP contribution is -2.16. The summed E-state index contributed by atoms with van der Waals surface area (Å²) in [4.78, 5) is 5.76. The number of aromatic nitrogens is 1. The topological polar surface area (TPSA) is 33.1 Å². The summed E-state index contributed by atoms with van der Waals surface area (Å²) in [5.41, 5.74) is 3.33. The Balaban J connectivity index is 2.27. The third-order valence-electron chi connectivity index (χ3n) is 3.57. The first kappa shape index (κ1) is 15.2. The monoisotopic (exact) mass is 289 g/mol. The normalized spacial score (nSPS) is 13.5. The number of nitrogens with zero attached hydrogens (tertiary/aromatic N) is 1. The van der Waals surface area contributed by atoms with Gasteiger partial charge in [-0.05, 0) is 30.4 Å². The molecule has 0 saturated carbocycles. The highest BCUT2D eigenvalue weighted by molar-refractivity contribution is 7.11. The molecule has 108 valence electrons. The first-order chi connectivity index (χ1) is 9.29. The summed E-state index contributed by atoms with van der Waals surface area (Å²) in [6.07, 6.45) is 0.0993. The minimum absolute atomic E-state index is 0.0340. The Labute approximate surface area is 125 Å². The highest BCUT2D eigenvalue weighted by atomic mass is 32.1. The van der Waals surface area contributed by atoms with Gasteiger partial charge in [0.2, 0.25) is 0 Å².